The van der Waals surface area contributed by atoms with Gasteiger partial charge in [-0.25, -0.2) is 0 Å². The molecule has 0 saturated carbocycles. The van der Waals surface area contributed by atoms with Crippen molar-refractivity contribution in [1.82, 2.24) is 9.80 Å². The Morgan fingerprint density at radius 1 is 1.21 bits per heavy atom. The minimum absolute atomic E-state index is 0.201. The molecule has 2 fully saturated rings. The Hall–Kier alpha value is -1.79. The molecule has 3 rings (SSSR count). The molecule has 1 atom stereocenters. The summed E-state index contributed by atoms with van der Waals surface area (Å²) in [5, 5.41) is 0. The van der Waals surface area contributed by atoms with Crippen LogP contribution in [0.25, 0.3) is 0 Å². The lowest BCUT2D eigenvalue weighted by Crippen LogP contribution is -2.46. The van der Waals surface area contributed by atoms with Crippen LogP contribution in [0.3, 0.4) is 0 Å². The normalized spacial score (nSPS) is 20.9. The lowest BCUT2D eigenvalue weighted by molar-refractivity contribution is -0.132. The van der Waals surface area contributed by atoms with Crippen molar-refractivity contribution in [2.45, 2.75) is 38.1 Å². The molecule has 0 bridgehead atoms. The molecule has 0 radical (unpaired) electrons. The van der Waals surface area contributed by atoms with Crippen LogP contribution in [0.5, 0.6) is 11.5 Å². The minimum atomic E-state index is 0.201. The molecule has 6 heteroatoms. The van der Waals surface area contributed by atoms with E-state index in [9.17, 15) is 4.79 Å². The molecule has 0 N–H and O–H groups in total. The Bertz CT molecular complexity index is 637. The molecule has 6 nitrogen and oxygen atoms in total. The van der Waals surface area contributed by atoms with Gasteiger partial charge in [-0.3, -0.25) is 4.79 Å². The van der Waals surface area contributed by atoms with Gasteiger partial charge in [0, 0.05) is 45.8 Å². The summed E-state index contributed by atoms with van der Waals surface area (Å²) in [6, 6.07) is 6.16. The number of ether oxygens (including phenoxy) is 3. The molecule has 1 unspecified atom stereocenters. The molecule has 2 saturated heterocycles. The van der Waals surface area contributed by atoms with Gasteiger partial charge in [-0.15, -0.1) is 0 Å². The number of amides is 1. The van der Waals surface area contributed by atoms with Gasteiger partial charge in [0.25, 0.3) is 0 Å². The maximum absolute atomic E-state index is 12.8. The summed E-state index contributed by atoms with van der Waals surface area (Å²) in [6.07, 6.45) is 4.44. The van der Waals surface area contributed by atoms with Crippen molar-refractivity contribution in [1.29, 1.82) is 0 Å². The van der Waals surface area contributed by atoms with Crippen LogP contribution in [0, 0.1) is 5.92 Å². The second-order valence-electron chi connectivity index (χ2n) is 7.92. The van der Waals surface area contributed by atoms with Crippen molar-refractivity contribution in [2.75, 3.05) is 54.1 Å². The third kappa shape index (κ3) is 5.17. The molecule has 2 aliphatic rings. The number of nitrogens with zero attached hydrogens (tertiary/aromatic N) is 2. The summed E-state index contributed by atoms with van der Waals surface area (Å²) in [4.78, 5) is 17.3. The van der Waals surface area contributed by atoms with Crippen molar-refractivity contribution in [2.24, 2.45) is 5.92 Å². The third-order valence-electron chi connectivity index (χ3n) is 6.13. The van der Waals surface area contributed by atoms with Crippen molar-refractivity contribution in [3.05, 3.63) is 23.8 Å². The van der Waals surface area contributed by atoms with E-state index in [2.05, 4.69) is 4.90 Å². The van der Waals surface area contributed by atoms with Crippen LogP contribution in [0.1, 0.15) is 31.2 Å². The number of hydrogen-bond donors (Lipinski definition) is 0. The monoisotopic (exact) mass is 390 g/mol. The van der Waals surface area contributed by atoms with Gasteiger partial charge in [-0.2, -0.15) is 0 Å². The molecule has 1 aromatic rings. The van der Waals surface area contributed by atoms with Crippen LogP contribution >= 0.6 is 0 Å². The van der Waals surface area contributed by atoms with Crippen LogP contribution < -0.4 is 9.47 Å². The first-order chi connectivity index (χ1) is 13.6. The van der Waals surface area contributed by atoms with Crippen LogP contribution in [0.15, 0.2) is 18.2 Å². The highest BCUT2D eigenvalue weighted by Crippen LogP contribution is 2.31. The van der Waals surface area contributed by atoms with Crippen LogP contribution in [-0.2, 0) is 16.0 Å². The molecular formula is C22H34N2O4. The lowest BCUT2D eigenvalue weighted by Gasteiger charge is -2.37. The Kier molecular flexibility index (Phi) is 7.57. The Balaban J connectivity index is 1.46. The van der Waals surface area contributed by atoms with Gasteiger partial charge in [0.15, 0.2) is 11.5 Å². The van der Waals surface area contributed by atoms with E-state index in [0.717, 1.165) is 57.0 Å². The zero-order valence-corrected chi connectivity index (χ0v) is 17.5. The number of para-hydroxylation sites is 1. The fraction of sp³-hybridized carbons (Fsp3) is 0.682. The highest BCUT2D eigenvalue weighted by atomic mass is 16.5. The average molecular weight is 391 g/mol. The number of carbonyl (C=O) groups is 1. The molecular weight excluding hydrogens is 356 g/mol. The van der Waals surface area contributed by atoms with Gasteiger partial charge in [0.2, 0.25) is 5.91 Å². The van der Waals surface area contributed by atoms with E-state index in [-0.39, 0.29) is 5.91 Å². The van der Waals surface area contributed by atoms with E-state index < -0.39 is 0 Å². The van der Waals surface area contributed by atoms with Gasteiger partial charge in [0.05, 0.1) is 20.8 Å². The first-order valence-electron chi connectivity index (χ1n) is 10.4. The summed E-state index contributed by atoms with van der Waals surface area (Å²) in [6.45, 7) is 5.10. The van der Waals surface area contributed by atoms with Gasteiger partial charge < -0.3 is 24.0 Å². The Morgan fingerprint density at radius 2 is 2.00 bits per heavy atom. The van der Waals surface area contributed by atoms with Crippen LogP contribution in [-0.4, -0.2) is 75.9 Å². The van der Waals surface area contributed by atoms with E-state index in [1.165, 1.54) is 6.42 Å². The van der Waals surface area contributed by atoms with E-state index in [4.69, 9.17) is 14.2 Å². The highest BCUT2D eigenvalue weighted by Gasteiger charge is 2.27. The fourth-order valence-corrected chi connectivity index (χ4v) is 4.35. The predicted octanol–water partition coefficient (Wildman–Crippen LogP) is 2.60. The molecule has 156 valence electrons. The van der Waals surface area contributed by atoms with E-state index in [1.807, 2.05) is 30.1 Å². The summed E-state index contributed by atoms with van der Waals surface area (Å²) >= 11 is 0. The second kappa shape index (κ2) is 10.1. The summed E-state index contributed by atoms with van der Waals surface area (Å²) < 4.78 is 16.3. The van der Waals surface area contributed by atoms with Crippen LogP contribution in [0.4, 0.5) is 0 Å². The average Bonchev–Trinajstić information content (AvgIpc) is 3.24. The van der Waals surface area contributed by atoms with E-state index in [1.54, 1.807) is 14.2 Å². The number of aryl methyl sites for hydroxylation is 1. The third-order valence-corrected chi connectivity index (χ3v) is 6.13. The SMILES string of the molecule is COc1cccc(CCC(=O)N(C)C2CCN(CC3CCOC3)CC2)c1OC. The van der Waals surface area contributed by atoms with Crippen molar-refractivity contribution in [3.8, 4) is 11.5 Å². The number of likely N-dealkylation sites (tertiary alicyclic amines) is 1. The fourth-order valence-electron chi connectivity index (χ4n) is 4.35. The summed E-state index contributed by atoms with van der Waals surface area (Å²) in [7, 11) is 5.23. The number of benzene rings is 1. The highest BCUT2D eigenvalue weighted by molar-refractivity contribution is 5.76. The Morgan fingerprint density at radius 3 is 2.64 bits per heavy atom. The molecule has 1 amide bonds. The minimum Gasteiger partial charge on any atom is -0.493 e. The van der Waals surface area contributed by atoms with Gasteiger partial charge >= 0.3 is 0 Å². The topological polar surface area (TPSA) is 51.2 Å². The first kappa shape index (κ1) is 20.9. The Labute approximate surface area is 168 Å². The summed E-state index contributed by atoms with van der Waals surface area (Å²) in [5.41, 5.74) is 1.01. The number of methoxy groups -OCH3 is 2. The zero-order chi connectivity index (χ0) is 19.9. The maximum atomic E-state index is 12.8. The van der Waals surface area contributed by atoms with Crippen molar-refractivity contribution < 1.29 is 19.0 Å². The van der Waals surface area contributed by atoms with Crippen LogP contribution in [0.2, 0.25) is 0 Å². The molecule has 2 aliphatic heterocycles. The smallest absolute Gasteiger partial charge is 0.222 e. The second-order valence-corrected chi connectivity index (χ2v) is 7.92. The zero-order valence-electron chi connectivity index (χ0n) is 17.5. The number of rotatable bonds is 8. The molecule has 0 aromatic heterocycles. The van der Waals surface area contributed by atoms with Crippen molar-refractivity contribution in [3.63, 3.8) is 0 Å². The van der Waals surface area contributed by atoms with Crippen molar-refractivity contribution >= 4 is 5.91 Å². The standard InChI is InChI=1S/C22H34N2O4/c1-23(19-9-12-24(13-10-19)15-17-11-14-28-16-17)21(25)8-7-18-5-4-6-20(26-2)22(18)27-3/h4-6,17,19H,7-16H2,1-3H3. The molecule has 28 heavy (non-hydrogen) atoms. The number of carbonyl (C=O) groups excluding carboxylic acids is 1. The first-order valence-corrected chi connectivity index (χ1v) is 10.4. The summed E-state index contributed by atoms with van der Waals surface area (Å²) in [5.74, 6) is 2.33. The van der Waals surface area contributed by atoms with Gasteiger partial charge in [-0.1, -0.05) is 12.1 Å². The quantitative estimate of drug-likeness (QED) is 0.683. The molecule has 0 spiro atoms. The van der Waals surface area contributed by atoms with E-state index in [0.29, 0.717) is 30.6 Å². The molecule has 2 heterocycles. The molecule has 0 aliphatic carbocycles. The predicted molar refractivity (Wildman–Crippen MR) is 109 cm³/mol. The maximum Gasteiger partial charge on any atom is 0.222 e. The largest absolute Gasteiger partial charge is 0.493 e. The molecule has 1 aromatic carbocycles. The number of piperidine rings is 1. The number of hydrogen-bond acceptors (Lipinski definition) is 5. The van der Waals surface area contributed by atoms with Gasteiger partial charge in [-0.05, 0) is 43.2 Å². The van der Waals surface area contributed by atoms with E-state index >= 15 is 0 Å². The van der Waals surface area contributed by atoms with Gasteiger partial charge in [0.1, 0.15) is 0 Å². The lowest BCUT2D eigenvalue weighted by atomic mass is 10.0.